The topological polar surface area (TPSA) is 58.2 Å². The minimum atomic E-state index is -3.36. The molecule has 2 N–H and O–H groups in total. The Hall–Kier alpha value is 0.370. The van der Waals surface area contributed by atoms with E-state index < -0.39 is 10.0 Å². The van der Waals surface area contributed by atoms with Gasteiger partial charge >= 0.3 is 0 Å². The van der Waals surface area contributed by atoms with E-state index >= 15 is 0 Å². The van der Waals surface area contributed by atoms with Crippen LogP contribution in [0.3, 0.4) is 0 Å². The number of benzene rings is 1. The van der Waals surface area contributed by atoms with Gasteiger partial charge in [-0.25, -0.2) is 8.42 Å². The molecule has 1 heterocycles. The lowest BCUT2D eigenvalue weighted by molar-refractivity contribution is 0.393. The molecule has 0 bridgehead atoms. The summed E-state index contributed by atoms with van der Waals surface area (Å²) in [6.45, 7) is 0.988. The summed E-state index contributed by atoms with van der Waals surface area (Å²) in [5.41, 5.74) is 0.537. The molecule has 0 saturated carbocycles. The highest BCUT2D eigenvalue weighted by atomic mass is 79.9. The normalized spacial score (nSPS) is 19.5. The summed E-state index contributed by atoms with van der Waals surface area (Å²) in [6, 6.07) is 3.93. The lowest BCUT2D eigenvalue weighted by Gasteiger charge is -2.23. The van der Waals surface area contributed by atoms with Crippen molar-refractivity contribution < 1.29 is 8.42 Å². The quantitative estimate of drug-likeness (QED) is 0.630. The van der Waals surface area contributed by atoms with Crippen molar-refractivity contribution in [1.29, 1.82) is 0 Å². The Balaban J connectivity index is 2.00. The van der Waals surface area contributed by atoms with Crippen LogP contribution in [-0.4, -0.2) is 26.8 Å². The van der Waals surface area contributed by atoms with Gasteiger partial charge in [0.15, 0.2) is 0 Å². The van der Waals surface area contributed by atoms with Gasteiger partial charge in [-0.2, -0.15) is 0 Å². The Morgan fingerprint density at radius 1 is 1.19 bits per heavy atom. The third-order valence-corrected chi connectivity index (χ3v) is 6.41. The number of hydrogen-bond acceptors (Lipinski definition) is 3. The molecule has 0 spiro atoms. The van der Waals surface area contributed by atoms with Crippen molar-refractivity contribution in [3.8, 4) is 0 Å². The average Bonchev–Trinajstić information content (AvgIpc) is 2.42. The molecule has 4 nitrogen and oxygen atoms in total. The van der Waals surface area contributed by atoms with Gasteiger partial charge in [-0.15, -0.1) is 0 Å². The zero-order chi connectivity index (χ0) is 15.5. The SMILES string of the molecule is O=S(=O)(CCC1CCCCN1)Nc1c(Br)cc(Br)cc1Br. The molecule has 21 heavy (non-hydrogen) atoms. The van der Waals surface area contributed by atoms with Gasteiger partial charge in [0.05, 0.1) is 11.4 Å². The van der Waals surface area contributed by atoms with Crippen LogP contribution in [0.25, 0.3) is 0 Å². The molecule has 2 rings (SSSR count). The fraction of sp³-hybridized carbons (Fsp3) is 0.538. The van der Waals surface area contributed by atoms with Crippen LogP contribution >= 0.6 is 47.8 Å². The minimum Gasteiger partial charge on any atom is -0.314 e. The van der Waals surface area contributed by atoms with Crippen LogP contribution in [0.1, 0.15) is 25.7 Å². The Morgan fingerprint density at radius 2 is 1.86 bits per heavy atom. The molecule has 1 fully saturated rings. The molecule has 1 aliphatic rings. The van der Waals surface area contributed by atoms with Gasteiger partial charge in [0.1, 0.15) is 0 Å². The fourth-order valence-electron chi connectivity index (χ4n) is 2.31. The van der Waals surface area contributed by atoms with Crippen LogP contribution in [0.2, 0.25) is 0 Å². The zero-order valence-electron chi connectivity index (χ0n) is 11.3. The summed E-state index contributed by atoms with van der Waals surface area (Å²) < 4.78 is 29.4. The molecule has 118 valence electrons. The molecule has 0 radical (unpaired) electrons. The first-order valence-corrected chi connectivity index (χ1v) is 10.8. The van der Waals surface area contributed by atoms with Crippen molar-refractivity contribution >= 4 is 63.5 Å². The smallest absolute Gasteiger partial charge is 0.232 e. The first kappa shape index (κ1) is 17.7. The van der Waals surface area contributed by atoms with Crippen LogP contribution < -0.4 is 10.0 Å². The maximum absolute atomic E-state index is 12.2. The van der Waals surface area contributed by atoms with Crippen LogP contribution in [0, 0.1) is 0 Å². The van der Waals surface area contributed by atoms with Crippen molar-refractivity contribution in [2.45, 2.75) is 31.7 Å². The first-order chi connectivity index (χ1) is 9.87. The highest BCUT2D eigenvalue weighted by Crippen LogP contribution is 2.35. The number of hydrogen-bond donors (Lipinski definition) is 2. The van der Waals surface area contributed by atoms with Gasteiger partial charge < -0.3 is 5.32 Å². The van der Waals surface area contributed by atoms with Crippen molar-refractivity contribution in [1.82, 2.24) is 5.32 Å². The van der Waals surface area contributed by atoms with E-state index in [0.29, 0.717) is 27.1 Å². The molecule has 1 aromatic rings. The number of nitrogens with one attached hydrogen (secondary N) is 2. The Labute approximate surface area is 150 Å². The summed E-state index contributed by atoms with van der Waals surface area (Å²) in [4.78, 5) is 0. The lowest BCUT2D eigenvalue weighted by Crippen LogP contribution is -2.36. The molecule has 1 saturated heterocycles. The fourth-order valence-corrected chi connectivity index (χ4v) is 6.26. The van der Waals surface area contributed by atoms with E-state index in [-0.39, 0.29) is 5.75 Å². The molecule has 1 aliphatic heterocycles. The van der Waals surface area contributed by atoms with Gasteiger partial charge in [0.25, 0.3) is 0 Å². The number of halogens is 3. The van der Waals surface area contributed by atoms with E-state index in [1.807, 2.05) is 12.1 Å². The summed E-state index contributed by atoms with van der Waals surface area (Å²) >= 11 is 10.1. The summed E-state index contributed by atoms with van der Waals surface area (Å²) in [5, 5.41) is 3.37. The van der Waals surface area contributed by atoms with Crippen molar-refractivity contribution in [3.63, 3.8) is 0 Å². The minimum absolute atomic E-state index is 0.125. The Kier molecular flexibility index (Phi) is 6.55. The van der Waals surface area contributed by atoms with E-state index in [9.17, 15) is 8.42 Å². The predicted molar refractivity (Wildman–Crippen MR) is 97.2 cm³/mol. The predicted octanol–water partition coefficient (Wildman–Crippen LogP) is 4.25. The largest absolute Gasteiger partial charge is 0.314 e. The van der Waals surface area contributed by atoms with E-state index in [1.54, 1.807) is 0 Å². The molecular formula is C13H17Br3N2O2S. The number of anilines is 1. The third kappa shape index (κ3) is 5.49. The number of sulfonamides is 1. The average molecular weight is 505 g/mol. The van der Waals surface area contributed by atoms with Crippen molar-refractivity contribution in [2.24, 2.45) is 0 Å². The highest BCUT2D eigenvalue weighted by Gasteiger charge is 2.19. The van der Waals surface area contributed by atoms with E-state index in [0.717, 1.165) is 17.4 Å². The second kappa shape index (κ2) is 7.77. The molecule has 8 heteroatoms. The zero-order valence-corrected chi connectivity index (χ0v) is 16.9. The van der Waals surface area contributed by atoms with E-state index in [2.05, 4.69) is 57.8 Å². The van der Waals surface area contributed by atoms with Gasteiger partial charge in [-0.1, -0.05) is 22.4 Å². The maximum atomic E-state index is 12.2. The molecule has 1 atom stereocenters. The number of rotatable bonds is 5. The maximum Gasteiger partial charge on any atom is 0.232 e. The van der Waals surface area contributed by atoms with Crippen LogP contribution in [-0.2, 0) is 10.0 Å². The Morgan fingerprint density at radius 3 is 2.43 bits per heavy atom. The van der Waals surface area contributed by atoms with Crippen molar-refractivity contribution in [3.05, 3.63) is 25.6 Å². The van der Waals surface area contributed by atoms with Crippen LogP contribution in [0.5, 0.6) is 0 Å². The molecule has 0 aliphatic carbocycles. The number of piperidine rings is 1. The second-order valence-corrected chi connectivity index (χ2v) is 9.57. The molecule has 0 amide bonds. The van der Waals surface area contributed by atoms with Gasteiger partial charge in [-0.3, -0.25) is 4.72 Å². The highest BCUT2D eigenvalue weighted by molar-refractivity contribution is 9.11. The standard InChI is InChI=1S/C13H17Br3N2O2S/c14-9-7-11(15)13(12(16)8-9)18-21(19,20)6-4-10-3-1-2-5-17-10/h7-8,10,17-18H,1-6H2. The Bertz CT molecular complexity index is 578. The second-order valence-electron chi connectivity index (χ2n) is 5.10. The van der Waals surface area contributed by atoms with Crippen molar-refractivity contribution in [2.75, 3.05) is 17.0 Å². The first-order valence-electron chi connectivity index (χ1n) is 6.76. The molecule has 0 aromatic heterocycles. The third-order valence-electron chi connectivity index (χ3n) is 3.41. The summed E-state index contributed by atoms with van der Waals surface area (Å²) in [5.74, 6) is 0.125. The van der Waals surface area contributed by atoms with Gasteiger partial charge in [0, 0.05) is 19.5 Å². The summed E-state index contributed by atoms with van der Waals surface area (Å²) in [6.07, 6.45) is 4.05. The summed E-state index contributed by atoms with van der Waals surface area (Å²) in [7, 11) is -3.36. The monoisotopic (exact) mass is 502 g/mol. The van der Waals surface area contributed by atoms with Crippen LogP contribution in [0.15, 0.2) is 25.6 Å². The van der Waals surface area contributed by atoms with E-state index in [4.69, 9.17) is 0 Å². The van der Waals surface area contributed by atoms with Gasteiger partial charge in [-0.05, 0) is 69.8 Å². The lowest BCUT2D eigenvalue weighted by atomic mass is 10.0. The van der Waals surface area contributed by atoms with Gasteiger partial charge in [0.2, 0.25) is 10.0 Å². The molecule has 1 aromatic carbocycles. The van der Waals surface area contributed by atoms with E-state index in [1.165, 1.54) is 12.8 Å². The molecule has 1 unspecified atom stereocenters. The van der Waals surface area contributed by atoms with Crippen LogP contribution in [0.4, 0.5) is 5.69 Å². The molecular weight excluding hydrogens is 488 g/mol.